The van der Waals surface area contributed by atoms with Crippen LogP contribution in [0.3, 0.4) is 0 Å². The van der Waals surface area contributed by atoms with Crippen LogP contribution in [0.25, 0.3) is 0 Å². The summed E-state index contributed by atoms with van der Waals surface area (Å²) in [6.07, 6.45) is 7.04. The van der Waals surface area contributed by atoms with Crippen molar-refractivity contribution in [2.75, 3.05) is 6.79 Å². The predicted octanol–water partition coefficient (Wildman–Crippen LogP) is 4.74. The van der Waals surface area contributed by atoms with Crippen molar-refractivity contribution in [1.29, 1.82) is 0 Å². The lowest BCUT2D eigenvalue weighted by atomic mass is 9.98. The fraction of sp³-hybridized carbons (Fsp3) is 0.667. The van der Waals surface area contributed by atoms with Gasteiger partial charge in [-0.3, -0.25) is 0 Å². The summed E-state index contributed by atoms with van der Waals surface area (Å²) in [5.74, 6) is 3.27. The second-order valence-electron chi connectivity index (χ2n) is 6.52. The zero-order chi connectivity index (χ0) is 13.9. The summed E-state index contributed by atoms with van der Waals surface area (Å²) in [4.78, 5) is 0. The normalized spacial score (nSPS) is 29.6. The summed E-state index contributed by atoms with van der Waals surface area (Å²) >= 11 is 0. The van der Waals surface area contributed by atoms with E-state index in [4.69, 9.17) is 9.47 Å². The molecule has 0 aromatic heterocycles. The monoisotopic (exact) mass is 274 g/mol. The molecule has 4 atom stereocenters. The van der Waals surface area contributed by atoms with Gasteiger partial charge in [0.05, 0.1) is 6.10 Å². The Kier molecular flexibility index (Phi) is 4.30. The average molecular weight is 274 g/mol. The lowest BCUT2D eigenvalue weighted by Gasteiger charge is -2.22. The maximum absolute atomic E-state index is 5.92. The van der Waals surface area contributed by atoms with Gasteiger partial charge in [0, 0.05) is 0 Å². The molecule has 20 heavy (non-hydrogen) atoms. The molecule has 1 aromatic rings. The van der Waals surface area contributed by atoms with E-state index in [-0.39, 0.29) is 0 Å². The van der Waals surface area contributed by atoms with Crippen molar-refractivity contribution in [2.45, 2.75) is 58.0 Å². The Morgan fingerprint density at radius 2 is 1.95 bits per heavy atom. The van der Waals surface area contributed by atoms with Gasteiger partial charge < -0.3 is 9.47 Å². The molecule has 0 radical (unpaired) electrons. The van der Waals surface area contributed by atoms with Gasteiger partial charge in [-0.25, -0.2) is 0 Å². The van der Waals surface area contributed by atoms with Gasteiger partial charge in [-0.05, 0) is 67.6 Å². The van der Waals surface area contributed by atoms with Crippen LogP contribution in [0.4, 0.5) is 0 Å². The summed E-state index contributed by atoms with van der Waals surface area (Å²) in [6.45, 7) is 4.88. The van der Waals surface area contributed by atoms with Crippen molar-refractivity contribution in [1.82, 2.24) is 0 Å². The quantitative estimate of drug-likeness (QED) is 0.697. The number of hydrogen-bond acceptors (Lipinski definition) is 2. The predicted molar refractivity (Wildman–Crippen MR) is 81.0 cm³/mol. The molecule has 3 rings (SSSR count). The van der Waals surface area contributed by atoms with Gasteiger partial charge >= 0.3 is 0 Å². The molecule has 0 amide bonds. The molecule has 2 saturated carbocycles. The highest BCUT2D eigenvalue weighted by Crippen LogP contribution is 2.45. The molecule has 0 saturated heterocycles. The molecule has 2 heteroatoms. The molecular weight excluding hydrogens is 248 g/mol. The van der Waals surface area contributed by atoms with Crippen LogP contribution in [-0.2, 0) is 4.74 Å². The second-order valence-corrected chi connectivity index (χ2v) is 6.52. The summed E-state index contributed by atoms with van der Waals surface area (Å²) in [7, 11) is 0. The Morgan fingerprint density at radius 1 is 1.15 bits per heavy atom. The van der Waals surface area contributed by atoms with Crippen LogP contribution in [0.1, 0.15) is 57.4 Å². The maximum Gasteiger partial charge on any atom is 0.189 e. The second kappa shape index (κ2) is 6.17. The van der Waals surface area contributed by atoms with Gasteiger partial charge in [-0.2, -0.15) is 0 Å². The fourth-order valence-electron chi connectivity index (χ4n) is 3.71. The van der Waals surface area contributed by atoms with E-state index in [9.17, 15) is 0 Å². The zero-order valence-electron chi connectivity index (χ0n) is 12.7. The standard InChI is InChI=1S/C18H26O2/c1-3-13(2)15-6-8-17(9-7-15)19-12-20-18-11-14-4-5-16(18)10-14/h6-9,13-14,16,18H,3-5,10-12H2,1-2H3. The van der Waals surface area contributed by atoms with Gasteiger partial charge in [0.25, 0.3) is 0 Å². The Bertz CT molecular complexity index is 426. The summed E-state index contributed by atoms with van der Waals surface area (Å²) in [6, 6.07) is 8.46. The first-order valence-corrected chi connectivity index (χ1v) is 8.10. The molecule has 2 aliphatic carbocycles. The lowest BCUT2D eigenvalue weighted by Crippen LogP contribution is -2.22. The molecule has 0 N–H and O–H groups in total. The zero-order valence-corrected chi connectivity index (χ0v) is 12.7. The van der Waals surface area contributed by atoms with E-state index in [0.717, 1.165) is 17.6 Å². The van der Waals surface area contributed by atoms with E-state index in [1.54, 1.807) is 0 Å². The van der Waals surface area contributed by atoms with Crippen LogP contribution in [0.15, 0.2) is 24.3 Å². The minimum Gasteiger partial charge on any atom is -0.468 e. The topological polar surface area (TPSA) is 18.5 Å². The highest BCUT2D eigenvalue weighted by Gasteiger charge is 2.40. The number of ether oxygens (including phenoxy) is 2. The smallest absolute Gasteiger partial charge is 0.189 e. The van der Waals surface area contributed by atoms with Crippen LogP contribution in [0.2, 0.25) is 0 Å². The maximum atomic E-state index is 5.92. The van der Waals surface area contributed by atoms with E-state index in [1.165, 1.54) is 37.7 Å². The Labute approximate surface area is 122 Å². The van der Waals surface area contributed by atoms with Crippen LogP contribution >= 0.6 is 0 Å². The van der Waals surface area contributed by atoms with Gasteiger partial charge in [-0.15, -0.1) is 0 Å². The van der Waals surface area contributed by atoms with Crippen LogP contribution < -0.4 is 4.74 Å². The molecule has 0 spiro atoms. The van der Waals surface area contributed by atoms with Crippen molar-refractivity contribution in [3.63, 3.8) is 0 Å². The van der Waals surface area contributed by atoms with E-state index in [0.29, 0.717) is 18.8 Å². The molecule has 2 bridgehead atoms. The summed E-state index contributed by atoms with van der Waals surface area (Å²) in [5.41, 5.74) is 1.38. The average Bonchev–Trinajstić information content (AvgIpc) is 3.10. The van der Waals surface area contributed by atoms with Crippen molar-refractivity contribution >= 4 is 0 Å². The van der Waals surface area contributed by atoms with Gasteiger partial charge in [0.1, 0.15) is 5.75 Å². The Hall–Kier alpha value is -1.02. The Morgan fingerprint density at radius 3 is 2.55 bits per heavy atom. The highest BCUT2D eigenvalue weighted by molar-refractivity contribution is 5.29. The van der Waals surface area contributed by atoms with E-state index in [1.807, 2.05) is 0 Å². The fourth-order valence-corrected chi connectivity index (χ4v) is 3.71. The van der Waals surface area contributed by atoms with E-state index in [2.05, 4.69) is 38.1 Å². The minimum absolute atomic E-state index is 0.399. The first kappa shape index (κ1) is 13.9. The van der Waals surface area contributed by atoms with Crippen molar-refractivity contribution < 1.29 is 9.47 Å². The van der Waals surface area contributed by atoms with E-state index >= 15 is 0 Å². The first-order valence-electron chi connectivity index (χ1n) is 8.10. The number of benzene rings is 1. The van der Waals surface area contributed by atoms with E-state index < -0.39 is 0 Å². The number of hydrogen-bond donors (Lipinski definition) is 0. The number of fused-ring (bicyclic) bond motifs is 2. The molecule has 2 aliphatic rings. The number of rotatable bonds is 6. The molecule has 2 nitrogen and oxygen atoms in total. The molecule has 0 heterocycles. The van der Waals surface area contributed by atoms with Crippen molar-refractivity contribution in [2.24, 2.45) is 11.8 Å². The van der Waals surface area contributed by atoms with Crippen LogP contribution in [0, 0.1) is 11.8 Å². The third-order valence-electron chi connectivity index (χ3n) is 5.24. The van der Waals surface area contributed by atoms with Gasteiger partial charge in [-0.1, -0.05) is 26.0 Å². The molecule has 0 aliphatic heterocycles. The third kappa shape index (κ3) is 3.01. The largest absolute Gasteiger partial charge is 0.468 e. The molecule has 4 unspecified atom stereocenters. The van der Waals surface area contributed by atoms with Crippen LogP contribution in [-0.4, -0.2) is 12.9 Å². The van der Waals surface area contributed by atoms with Crippen LogP contribution in [0.5, 0.6) is 5.75 Å². The Balaban J connectivity index is 1.44. The SMILES string of the molecule is CCC(C)c1ccc(OCOC2CC3CCC2C3)cc1. The third-order valence-corrected chi connectivity index (χ3v) is 5.24. The summed E-state index contributed by atoms with van der Waals surface area (Å²) < 4.78 is 11.6. The van der Waals surface area contributed by atoms with Gasteiger partial charge in [0.2, 0.25) is 0 Å². The lowest BCUT2D eigenvalue weighted by molar-refractivity contribution is -0.0577. The first-order chi connectivity index (χ1) is 9.76. The molecular formula is C18H26O2. The molecule has 110 valence electrons. The summed E-state index contributed by atoms with van der Waals surface area (Å²) in [5, 5.41) is 0. The van der Waals surface area contributed by atoms with Crippen molar-refractivity contribution in [3.05, 3.63) is 29.8 Å². The van der Waals surface area contributed by atoms with Gasteiger partial charge in [0.15, 0.2) is 6.79 Å². The highest BCUT2D eigenvalue weighted by atomic mass is 16.7. The minimum atomic E-state index is 0.399. The van der Waals surface area contributed by atoms with Crippen molar-refractivity contribution in [3.8, 4) is 5.75 Å². The molecule has 1 aromatic carbocycles. The molecule has 2 fully saturated rings.